The molecule has 2 saturated heterocycles. The van der Waals surface area contributed by atoms with Crippen LogP contribution in [0, 0.1) is 6.92 Å². The third kappa shape index (κ3) is 3.72. The van der Waals surface area contributed by atoms with E-state index in [0.29, 0.717) is 13.1 Å². The molecule has 0 aromatic heterocycles. The van der Waals surface area contributed by atoms with Crippen LogP contribution in [0.3, 0.4) is 0 Å². The number of hydrogen-bond donors (Lipinski definition) is 1. The Labute approximate surface area is 149 Å². The summed E-state index contributed by atoms with van der Waals surface area (Å²) in [5.74, 6) is -0.625. The van der Waals surface area contributed by atoms with Crippen molar-refractivity contribution >= 4 is 16.0 Å². The maximum atomic E-state index is 13.1. The highest BCUT2D eigenvalue weighted by molar-refractivity contribution is 7.89. The average Bonchev–Trinajstić information content (AvgIpc) is 3.12. The number of ether oxygens (including phenoxy) is 1. The Balaban J connectivity index is 1.84. The fraction of sp³-hybridized carbons (Fsp3) is 0.588. The van der Waals surface area contributed by atoms with Crippen LogP contribution >= 0.6 is 0 Å². The van der Waals surface area contributed by atoms with E-state index in [2.05, 4.69) is 10.2 Å². The van der Waals surface area contributed by atoms with Gasteiger partial charge in [-0.3, -0.25) is 4.90 Å². The van der Waals surface area contributed by atoms with Gasteiger partial charge in [-0.1, -0.05) is 11.6 Å². The molecule has 0 saturated carbocycles. The molecular formula is C17H25N3O4S. The first kappa shape index (κ1) is 18.3. The lowest BCUT2D eigenvalue weighted by atomic mass is 10.1. The second-order valence-corrected chi connectivity index (χ2v) is 8.49. The van der Waals surface area contributed by atoms with E-state index in [4.69, 9.17) is 4.74 Å². The molecule has 8 heteroatoms. The van der Waals surface area contributed by atoms with Gasteiger partial charge in [0.15, 0.2) is 0 Å². The molecule has 2 heterocycles. The number of hydrogen-bond acceptors (Lipinski definition) is 6. The molecule has 1 aromatic carbocycles. The number of nitrogens with one attached hydrogen (secondary N) is 1. The first-order valence-electron chi connectivity index (χ1n) is 8.57. The maximum absolute atomic E-state index is 13.1. The molecule has 1 atom stereocenters. The monoisotopic (exact) mass is 367 g/mol. The number of piperazine rings is 1. The number of methoxy groups -OCH3 is 1. The first-order chi connectivity index (χ1) is 11.9. The van der Waals surface area contributed by atoms with E-state index in [1.165, 1.54) is 17.5 Å². The lowest BCUT2D eigenvalue weighted by Gasteiger charge is -2.32. The second-order valence-electron chi connectivity index (χ2n) is 6.58. The average molecular weight is 367 g/mol. The van der Waals surface area contributed by atoms with Gasteiger partial charge in [-0.2, -0.15) is 4.31 Å². The van der Waals surface area contributed by atoms with Crippen molar-refractivity contribution in [3.05, 3.63) is 29.3 Å². The van der Waals surface area contributed by atoms with Crippen molar-refractivity contribution in [3.8, 4) is 0 Å². The predicted octanol–water partition coefficient (Wildman–Crippen LogP) is 0.450. The van der Waals surface area contributed by atoms with Crippen LogP contribution in [-0.2, 0) is 14.8 Å². The summed E-state index contributed by atoms with van der Waals surface area (Å²) in [6.07, 6.45) is 0.818. The van der Waals surface area contributed by atoms with E-state index in [0.717, 1.165) is 38.2 Å². The zero-order valence-corrected chi connectivity index (χ0v) is 15.5. The molecule has 25 heavy (non-hydrogen) atoms. The molecule has 1 unspecified atom stereocenters. The third-order valence-electron chi connectivity index (χ3n) is 4.95. The number of esters is 1. The lowest BCUT2D eigenvalue weighted by molar-refractivity contribution is 0.0596. The molecule has 0 bridgehead atoms. The van der Waals surface area contributed by atoms with Gasteiger partial charge in [0, 0.05) is 45.3 Å². The highest BCUT2D eigenvalue weighted by atomic mass is 32.2. The number of aryl methyl sites for hydroxylation is 1. The van der Waals surface area contributed by atoms with Crippen LogP contribution < -0.4 is 5.32 Å². The summed E-state index contributed by atoms with van der Waals surface area (Å²) < 4.78 is 32.5. The second kappa shape index (κ2) is 7.41. The van der Waals surface area contributed by atoms with Crippen LogP contribution in [0.25, 0.3) is 0 Å². The van der Waals surface area contributed by atoms with Crippen LogP contribution in [0.4, 0.5) is 0 Å². The Bertz CT molecular complexity index is 744. The molecule has 3 rings (SSSR count). The molecule has 2 aliphatic heterocycles. The molecule has 1 aromatic rings. The number of rotatable bonds is 4. The van der Waals surface area contributed by atoms with Gasteiger partial charge in [0.25, 0.3) is 0 Å². The van der Waals surface area contributed by atoms with Crippen molar-refractivity contribution in [3.63, 3.8) is 0 Å². The summed E-state index contributed by atoms with van der Waals surface area (Å²) in [7, 11) is -2.46. The van der Waals surface area contributed by atoms with Gasteiger partial charge in [0.05, 0.1) is 17.6 Å². The van der Waals surface area contributed by atoms with Crippen LogP contribution in [0.5, 0.6) is 0 Å². The molecule has 0 radical (unpaired) electrons. The number of carbonyl (C=O) groups is 1. The summed E-state index contributed by atoms with van der Waals surface area (Å²) >= 11 is 0. The highest BCUT2D eigenvalue weighted by Gasteiger charge is 2.37. The Morgan fingerprint density at radius 3 is 2.64 bits per heavy atom. The van der Waals surface area contributed by atoms with Gasteiger partial charge in [0.2, 0.25) is 10.0 Å². The smallest absolute Gasteiger partial charge is 0.339 e. The maximum Gasteiger partial charge on any atom is 0.339 e. The molecule has 0 spiro atoms. The van der Waals surface area contributed by atoms with Crippen LogP contribution in [0.1, 0.15) is 22.3 Å². The number of carbonyl (C=O) groups excluding carboxylic acids is 1. The van der Waals surface area contributed by atoms with E-state index in [9.17, 15) is 13.2 Å². The predicted molar refractivity (Wildman–Crippen MR) is 94.1 cm³/mol. The minimum atomic E-state index is -3.72. The van der Waals surface area contributed by atoms with E-state index in [-0.39, 0.29) is 16.5 Å². The SMILES string of the molecule is COC(=O)c1cc(C)ccc1S(=O)(=O)N1CCC(N2CCNCC2)C1. The summed E-state index contributed by atoms with van der Waals surface area (Å²) in [6, 6.07) is 5.03. The van der Waals surface area contributed by atoms with Crippen LogP contribution in [0.15, 0.2) is 23.1 Å². The van der Waals surface area contributed by atoms with E-state index in [1.54, 1.807) is 12.1 Å². The number of sulfonamides is 1. The Morgan fingerprint density at radius 1 is 1.24 bits per heavy atom. The first-order valence-corrected chi connectivity index (χ1v) is 10.0. The van der Waals surface area contributed by atoms with Crippen molar-refractivity contribution in [1.29, 1.82) is 0 Å². The fourth-order valence-electron chi connectivity index (χ4n) is 3.55. The topological polar surface area (TPSA) is 79.0 Å². The van der Waals surface area contributed by atoms with Crippen molar-refractivity contribution in [1.82, 2.24) is 14.5 Å². The van der Waals surface area contributed by atoms with Crippen molar-refractivity contribution in [2.24, 2.45) is 0 Å². The molecule has 7 nitrogen and oxygen atoms in total. The zero-order chi connectivity index (χ0) is 18.0. The molecule has 0 aliphatic carbocycles. The number of nitrogens with zero attached hydrogens (tertiary/aromatic N) is 2. The summed E-state index contributed by atoms with van der Waals surface area (Å²) in [6.45, 7) is 6.52. The Morgan fingerprint density at radius 2 is 1.96 bits per heavy atom. The van der Waals surface area contributed by atoms with Crippen molar-refractivity contribution in [2.75, 3.05) is 46.4 Å². The Kier molecular flexibility index (Phi) is 5.43. The summed E-state index contributed by atoms with van der Waals surface area (Å²) in [5.41, 5.74) is 0.924. The van der Waals surface area contributed by atoms with Gasteiger partial charge >= 0.3 is 5.97 Å². The van der Waals surface area contributed by atoms with E-state index >= 15 is 0 Å². The van der Waals surface area contributed by atoms with Crippen molar-refractivity contribution < 1.29 is 17.9 Å². The quantitative estimate of drug-likeness (QED) is 0.779. The van der Waals surface area contributed by atoms with Gasteiger partial charge in [0.1, 0.15) is 0 Å². The third-order valence-corrected chi connectivity index (χ3v) is 6.88. The standard InChI is InChI=1S/C17H25N3O4S/c1-13-3-4-16(15(11-13)17(21)24-2)25(22,23)20-8-5-14(12-20)19-9-6-18-7-10-19/h3-4,11,14,18H,5-10,12H2,1-2H3. The largest absolute Gasteiger partial charge is 0.465 e. The summed E-state index contributed by atoms with van der Waals surface area (Å²) in [5, 5.41) is 3.31. The van der Waals surface area contributed by atoms with Crippen LogP contribution in [0.2, 0.25) is 0 Å². The lowest BCUT2D eigenvalue weighted by Crippen LogP contribution is -2.49. The van der Waals surface area contributed by atoms with Crippen LogP contribution in [-0.4, -0.2) is 76.0 Å². The molecule has 2 aliphatic rings. The Hall–Kier alpha value is -1.48. The van der Waals surface area contributed by atoms with Gasteiger partial charge < -0.3 is 10.1 Å². The van der Waals surface area contributed by atoms with Crippen molar-refractivity contribution in [2.45, 2.75) is 24.3 Å². The molecule has 138 valence electrons. The van der Waals surface area contributed by atoms with Gasteiger partial charge in [-0.05, 0) is 25.5 Å². The molecule has 1 N–H and O–H groups in total. The molecular weight excluding hydrogens is 342 g/mol. The molecule has 0 amide bonds. The highest BCUT2D eigenvalue weighted by Crippen LogP contribution is 2.27. The number of benzene rings is 1. The van der Waals surface area contributed by atoms with Gasteiger partial charge in [-0.15, -0.1) is 0 Å². The molecule has 2 fully saturated rings. The fourth-order valence-corrected chi connectivity index (χ4v) is 5.20. The van der Waals surface area contributed by atoms with E-state index in [1.807, 2.05) is 6.92 Å². The van der Waals surface area contributed by atoms with Gasteiger partial charge in [-0.25, -0.2) is 13.2 Å². The van der Waals surface area contributed by atoms with E-state index < -0.39 is 16.0 Å². The minimum absolute atomic E-state index is 0.0333. The summed E-state index contributed by atoms with van der Waals surface area (Å²) in [4.78, 5) is 14.4. The minimum Gasteiger partial charge on any atom is -0.465 e. The zero-order valence-electron chi connectivity index (χ0n) is 14.7. The normalized spacial score (nSPS) is 22.9.